The minimum atomic E-state index is 0.769. The molecule has 2 rings (SSSR count). The van der Waals surface area contributed by atoms with E-state index in [1.54, 1.807) is 0 Å². The Labute approximate surface area is 93.6 Å². The summed E-state index contributed by atoms with van der Waals surface area (Å²) in [5.74, 6) is 0.769. The predicted octanol–water partition coefficient (Wildman–Crippen LogP) is 0.751. The molecular weight excluding hydrogens is 186 g/mol. The van der Waals surface area contributed by atoms with Gasteiger partial charge in [0, 0.05) is 12.6 Å². The fourth-order valence-corrected chi connectivity index (χ4v) is 2.97. The summed E-state index contributed by atoms with van der Waals surface area (Å²) >= 11 is 0. The Balaban J connectivity index is 1.83. The van der Waals surface area contributed by atoms with Crippen LogP contribution in [0.1, 0.15) is 25.7 Å². The van der Waals surface area contributed by atoms with Crippen LogP contribution >= 0.6 is 0 Å². The first kappa shape index (κ1) is 11.4. The van der Waals surface area contributed by atoms with Gasteiger partial charge in [-0.3, -0.25) is 0 Å². The molecule has 0 bridgehead atoms. The maximum atomic E-state index is 5.74. The highest BCUT2D eigenvalue weighted by Crippen LogP contribution is 2.23. The lowest BCUT2D eigenvalue weighted by Crippen LogP contribution is -2.34. The van der Waals surface area contributed by atoms with Crippen molar-refractivity contribution in [1.82, 2.24) is 9.80 Å². The van der Waals surface area contributed by atoms with Crippen molar-refractivity contribution in [3.63, 3.8) is 0 Å². The maximum Gasteiger partial charge on any atom is 0.0108 e. The van der Waals surface area contributed by atoms with E-state index >= 15 is 0 Å². The zero-order valence-corrected chi connectivity index (χ0v) is 9.99. The standard InChI is InChI=1S/C12H25N3/c1-14-6-2-3-12(5-7-14)15-8-4-11(9-13)10-15/h11-12H,2-10,13H2,1H3. The van der Waals surface area contributed by atoms with Crippen LogP contribution < -0.4 is 5.73 Å². The van der Waals surface area contributed by atoms with E-state index < -0.39 is 0 Å². The largest absolute Gasteiger partial charge is 0.330 e. The Bertz CT molecular complexity index is 195. The van der Waals surface area contributed by atoms with E-state index in [9.17, 15) is 0 Å². The van der Waals surface area contributed by atoms with Crippen LogP contribution in [0.2, 0.25) is 0 Å². The summed E-state index contributed by atoms with van der Waals surface area (Å²) in [6.07, 6.45) is 5.43. The third-order valence-electron chi connectivity index (χ3n) is 4.09. The van der Waals surface area contributed by atoms with E-state index in [0.29, 0.717) is 0 Å². The van der Waals surface area contributed by atoms with E-state index in [2.05, 4.69) is 16.8 Å². The highest BCUT2D eigenvalue weighted by molar-refractivity contribution is 4.83. The second kappa shape index (κ2) is 5.28. The number of nitrogens with two attached hydrogens (primary N) is 1. The van der Waals surface area contributed by atoms with Gasteiger partial charge in [-0.25, -0.2) is 0 Å². The second-order valence-corrected chi connectivity index (χ2v) is 5.27. The molecule has 0 spiro atoms. The Morgan fingerprint density at radius 1 is 1.13 bits per heavy atom. The van der Waals surface area contributed by atoms with Crippen LogP contribution in [0.3, 0.4) is 0 Å². The Morgan fingerprint density at radius 2 is 2.00 bits per heavy atom. The van der Waals surface area contributed by atoms with Crippen LogP contribution in [0.15, 0.2) is 0 Å². The fraction of sp³-hybridized carbons (Fsp3) is 1.00. The molecule has 88 valence electrons. The monoisotopic (exact) mass is 211 g/mol. The minimum absolute atomic E-state index is 0.769. The number of nitrogens with zero attached hydrogens (tertiary/aromatic N) is 2. The summed E-state index contributed by atoms with van der Waals surface area (Å²) in [6.45, 7) is 5.98. The molecule has 2 saturated heterocycles. The van der Waals surface area contributed by atoms with Crippen molar-refractivity contribution < 1.29 is 0 Å². The lowest BCUT2D eigenvalue weighted by molar-refractivity contribution is 0.212. The van der Waals surface area contributed by atoms with Crippen LogP contribution in [-0.4, -0.2) is 55.6 Å². The number of hydrogen-bond acceptors (Lipinski definition) is 3. The van der Waals surface area contributed by atoms with Crippen LogP contribution in [0.25, 0.3) is 0 Å². The van der Waals surface area contributed by atoms with Gasteiger partial charge in [0.25, 0.3) is 0 Å². The molecule has 0 radical (unpaired) electrons. The van der Waals surface area contributed by atoms with E-state index in [1.807, 2.05) is 0 Å². The average Bonchev–Trinajstić information content (AvgIpc) is 2.62. The molecule has 3 nitrogen and oxygen atoms in total. The van der Waals surface area contributed by atoms with E-state index in [0.717, 1.165) is 18.5 Å². The predicted molar refractivity (Wildman–Crippen MR) is 63.9 cm³/mol. The van der Waals surface area contributed by atoms with Gasteiger partial charge in [0.15, 0.2) is 0 Å². The van der Waals surface area contributed by atoms with Gasteiger partial charge in [-0.2, -0.15) is 0 Å². The van der Waals surface area contributed by atoms with Gasteiger partial charge in [-0.15, -0.1) is 0 Å². The molecule has 0 saturated carbocycles. The molecule has 0 aliphatic carbocycles. The number of hydrogen-bond donors (Lipinski definition) is 1. The quantitative estimate of drug-likeness (QED) is 0.731. The average molecular weight is 211 g/mol. The van der Waals surface area contributed by atoms with Gasteiger partial charge in [0.05, 0.1) is 0 Å². The molecule has 2 unspecified atom stereocenters. The fourth-order valence-electron chi connectivity index (χ4n) is 2.97. The summed E-state index contributed by atoms with van der Waals surface area (Å²) in [5, 5.41) is 0. The zero-order chi connectivity index (χ0) is 10.7. The van der Waals surface area contributed by atoms with Crippen LogP contribution in [0, 0.1) is 5.92 Å². The first-order valence-corrected chi connectivity index (χ1v) is 6.42. The molecular formula is C12H25N3. The smallest absolute Gasteiger partial charge is 0.0108 e. The van der Waals surface area contributed by atoms with Crippen molar-refractivity contribution in [2.45, 2.75) is 31.7 Å². The van der Waals surface area contributed by atoms with Gasteiger partial charge in [0.1, 0.15) is 0 Å². The Kier molecular flexibility index (Phi) is 4.00. The molecule has 2 aliphatic heterocycles. The van der Waals surface area contributed by atoms with Crippen molar-refractivity contribution in [2.24, 2.45) is 11.7 Å². The third kappa shape index (κ3) is 2.92. The van der Waals surface area contributed by atoms with Gasteiger partial charge >= 0.3 is 0 Å². The zero-order valence-electron chi connectivity index (χ0n) is 9.99. The van der Waals surface area contributed by atoms with Gasteiger partial charge < -0.3 is 15.5 Å². The third-order valence-corrected chi connectivity index (χ3v) is 4.09. The topological polar surface area (TPSA) is 32.5 Å². The lowest BCUT2D eigenvalue weighted by Gasteiger charge is -2.26. The van der Waals surface area contributed by atoms with Crippen LogP contribution in [-0.2, 0) is 0 Å². The van der Waals surface area contributed by atoms with E-state index in [1.165, 1.54) is 51.9 Å². The van der Waals surface area contributed by atoms with Crippen LogP contribution in [0.5, 0.6) is 0 Å². The molecule has 2 N–H and O–H groups in total. The summed E-state index contributed by atoms with van der Waals surface area (Å²) < 4.78 is 0. The van der Waals surface area contributed by atoms with Gasteiger partial charge in [-0.05, 0) is 64.8 Å². The van der Waals surface area contributed by atoms with E-state index in [4.69, 9.17) is 5.73 Å². The molecule has 2 heterocycles. The highest BCUT2D eigenvalue weighted by atomic mass is 15.2. The molecule has 0 aromatic rings. The molecule has 15 heavy (non-hydrogen) atoms. The van der Waals surface area contributed by atoms with Crippen molar-refractivity contribution >= 4 is 0 Å². The molecule has 0 aromatic heterocycles. The van der Waals surface area contributed by atoms with Crippen molar-refractivity contribution in [3.05, 3.63) is 0 Å². The van der Waals surface area contributed by atoms with Gasteiger partial charge in [0.2, 0.25) is 0 Å². The molecule has 0 amide bonds. The molecule has 2 fully saturated rings. The first-order chi connectivity index (χ1) is 7.29. The molecule has 0 aromatic carbocycles. The van der Waals surface area contributed by atoms with Crippen LogP contribution in [0.4, 0.5) is 0 Å². The normalized spacial score (nSPS) is 35.6. The summed E-state index contributed by atoms with van der Waals surface area (Å²) in [6, 6.07) is 0.839. The lowest BCUT2D eigenvalue weighted by atomic mass is 10.1. The number of likely N-dealkylation sites (tertiary alicyclic amines) is 2. The first-order valence-electron chi connectivity index (χ1n) is 6.42. The van der Waals surface area contributed by atoms with Crippen molar-refractivity contribution in [2.75, 3.05) is 39.8 Å². The summed E-state index contributed by atoms with van der Waals surface area (Å²) in [4.78, 5) is 5.16. The van der Waals surface area contributed by atoms with E-state index in [-0.39, 0.29) is 0 Å². The Hall–Kier alpha value is -0.120. The molecule has 2 aliphatic rings. The van der Waals surface area contributed by atoms with Crippen molar-refractivity contribution in [1.29, 1.82) is 0 Å². The maximum absolute atomic E-state index is 5.74. The SMILES string of the molecule is CN1CCCC(N2CCC(CN)C2)CC1. The summed E-state index contributed by atoms with van der Waals surface area (Å²) in [5.41, 5.74) is 5.74. The number of rotatable bonds is 2. The van der Waals surface area contributed by atoms with Gasteiger partial charge in [-0.1, -0.05) is 0 Å². The second-order valence-electron chi connectivity index (χ2n) is 5.27. The van der Waals surface area contributed by atoms with Crippen molar-refractivity contribution in [3.8, 4) is 0 Å². The molecule has 2 atom stereocenters. The Morgan fingerprint density at radius 3 is 2.73 bits per heavy atom. The summed E-state index contributed by atoms with van der Waals surface area (Å²) in [7, 11) is 2.25. The molecule has 3 heteroatoms. The minimum Gasteiger partial charge on any atom is -0.330 e. The highest BCUT2D eigenvalue weighted by Gasteiger charge is 2.28.